The smallest absolute Gasteiger partial charge is 0.162 e. The average Bonchev–Trinajstić information content (AvgIpc) is 3.16. The largest absolute Gasteiger partial charge is 0.491 e. The van der Waals surface area contributed by atoms with E-state index in [0.29, 0.717) is 31.6 Å². The summed E-state index contributed by atoms with van der Waals surface area (Å²) in [5.41, 5.74) is 5.16. The Morgan fingerprint density at radius 1 is 1.06 bits per heavy atom. The fourth-order valence-electron chi connectivity index (χ4n) is 5.77. The molecule has 33 heavy (non-hydrogen) atoms. The molecule has 0 aromatic heterocycles. The highest BCUT2D eigenvalue weighted by molar-refractivity contribution is 5.96. The van der Waals surface area contributed by atoms with E-state index < -0.39 is 0 Å². The first kappa shape index (κ1) is 22.2. The van der Waals surface area contributed by atoms with Gasteiger partial charge in [0.15, 0.2) is 5.78 Å². The van der Waals surface area contributed by atoms with Gasteiger partial charge in [-0.1, -0.05) is 12.1 Å². The molecule has 176 valence electrons. The van der Waals surface area contributed by atoms with Crippen LogP contribution >= 0.6 is 0 Å². The van der Waals surface area contributed by atoms with Gasteiger partial charge in [0.1, 0.15) is 12.4 Å². The summed E-state index contributed by atoms with van der Waals surface area (Å²) in [5, 5.41) is 0. The van der Waals surface area contributed by atoms with Gasteiger partial charge in [0.25, 0.3) is 0 Å². The van der Waals surface area contributed by atoms with E-state index in [0.717, 1.165) is 50.5 Å². The molecule has 0 bridgehead atoms. The van der Waals surface area contributed by atoms with Gasteiger partial charge in [0, 0.05) is 64.3 Å². The third-order valence-electron chi connectivity index (χ3n) is 7.49. The summed E-state index contributed by atoms with van der Waals surface area (Å²) >= 11 is 0. The first-order chi connectivity index (χ1) is 16.2. The molecule has 0 saturated carbocycles. The first-order valence-electron chi connectivity index (χ1n) is 12.2. The minimum absolute atomic E-state index is 0.212. The van der Waals surface area contributed by atoms with Crippen molar-refractivity contribution < 1.29 is 14.3 Å². The number of ketones is 1. The standard InChI is InChI=1S/C27H35N3O3/c1-28-15-16-30-24-12-14-29(19-23(24)22-5-3-6-25(28)27(22)30)13-4-7-26(31)20-8-10-21(11-9-20)33-18-17-32-2/h3,5-6,8-11,23-24H,4,7,12-19H2,1-2H3. The van der Waals surface area contributed by atoms with E-state index in [1.165, 1.54) is 23.4 Å². The number of para-hydroxylation sites is 1. The Bertz CT molecular complexity index is 977. The van der Waals surface area contributed by atoms with Gasteiger partial charge in [-0.2, -0.15) is 0 Å². The van der Waals surface area contributed by atoms with Crippen LogP contribution in [-0.2, 0) is 4.74 Å². The SMILES string of the molecule is COCCOc1ccc(C(=O)CCCN2CCC3C(C2)c2cccc4c2N3CCN4C)cc1. The van der Waals surface area contributed by atoms with Crippen LogP contribution in [0.5, 0.6) is 5.75 Å². The second-order valence-electron chi connectivity index (χ2n) is 9.49. The molecule has 2 aromatic carbocycles. The summed E-state index contributed by atoms with van der Waals surface area (Å²) in [6, 6.07) is 14.9. The third kappa shape index (κ3) is 4.46. The Balaban J connectivity index is 1.14. The molecule has 1 saturated heterocycles. The molecule has 0 amide bonds. The van der Waals surface area contributed by atoms with Crippen molar-refractivity contribution in [3.8, 4) is 5.75 Å². The molecule has 6 nitrogen and oxygen atoms in total. The van der Waals surface area contributed by atoms with Crippen molar-refractivity contribution in [1.29, 1.82) is 0 Å². The summed E-state index contributed by atoms with van der Waals surface area (Å²) in [7, 11) is 3.86. The Morgan fingerprint density at radius 2 is 1.91 bits per heavy atom. The molecule has 2 atom stereocenters. The second kappa shape index (κ2) is 9.74. The predicted molar refractivity (Wildman–Crippen MR) is 132 cm³/mol. The lowest BCUT2D eigenvalue weighted by molar-refractivity contribution is 0.0971. The summed E-state index contributed by atoms with van der Waals surface area (Å²) in [4.78, 5) is 20.3. The van der Waals surface area contributed by atoms with Gasteiger partial charge in [-0.3, -0.25) is 4.79 Å². The van der Waals surface area contributed by atoms with E-state index in [4.69, 9.17) is 9.47 Å². The van der Waals surface area contributed by atoms with E-state index in [-0.39, 0.29) is 5.78 Å². The molecule has 0 radical (unpaired) electrons. The Kier molecular flexibility index (Phi) is 6.56. The molecule has 3 aliphatic heterocycles. The molecular formula is C27H35N3O3. The number of benzene rings is 2. The number of rotatable bonds is 9. The van der Waals surface area contributed by atoms with E-state index in [1.807, 2.05) is 24.3 Å². The molecular weight excluding hydrogens is 414 g/mol. The fourth-order valence-corrected chi connectivity index (χ4v) is 5.77. The van der Waals surface area contributed by atoms with Gasteiger partial charge in [-0.15, -0.1) is 0 Å². The number of carbonyl (C=O) groups is 1. The van der Waals surface area contributed by atoms with Crippen molar-refractivity contribution >= 4 is 17.2 Å². The number of carbonyl (C=O) groups excluding carboxylic acids is 1. The van der Waals surface area contributed by atoms with Gasteiger partial charge >= 0.3 is 0 Å². The van der Waals surface area contributed by atoms with Crippen LogP contribution in [0.3, 0.4) is 0 Å². The monoisotopic (exact) mass is 449 g/mol. The number of anilines is 2. The van der Waals surface area contributed by atoms with Crippen LogP contribution < -0.4 is 14.5 Å². The van der Waals surface area contributed by atoms with Crippen LogP contribution in [-0.4, -0.2) is 76.8 Å². The maximum Gasteiger partial charge on any atom is 0.162 e. The molecule has 6 heteroatoms. The topological polar surface area (TPSA) is 45.3 Å². The molecule has 3 aliphatic rings. The number of fused-ring (bicyclic) bond motifs is 3. The maximum absolute atomic E-state index is 12.7. The zero-order valence-corrected chi connectivity index (χ0v) is 19.8. The van der Waals surface area contributed by atoms with Gasteiger partial charge in [-0.05, 0) is 55.3 Å². The number of Topliss-reactive ketones (excluding diaryl/α,β-unsaturated/α-hetero) is 1. The number of nitrogens with zero attached hydrogens (tertiary/aromatic N) is 3. The number of ether oxygens (including phenoxy) is 2. The lowest BCUT2D eigenvalue weighted by atomic mass is 9.89. The second-order valence-corrected chi connectivity index (χ2v) is 9.49. The Morgan fingerprint density at radius 3 is 2.73 bits per heavy atom. The molecule has 0 N–H and O–H groups in total. The molecule has 0 spiro atoms. The van der Waals surface area contributed by atoms with Crippen molar-refractivity contribution in [2.24, 2.45) is 0 Å². The predicted octanol–water partition coefficient (Wildman–Crippen LogP) is 3.80. The lowest BCUT2D eigenvalue weighted by Crippen LogP contribution is -2.49. The van der Waals surface area contributed by atoms with Gasteiger partial charge in [0.05, 0.1) is 18.0 Å². The highest BCUT2D eigenvalue weighted by atomic mass is 16.5. The van der Waals surface area contributed by atoms with Crippen LogP contribution in [0.1, 0.15) is 41.1 Å². The number of likely N-dealkylation sites (tertiary alicyclic amines) is 1. The van der Waals surface area contributed by atoms with E-state index in [9.17, 15) is 4.79 Å². The zero-order valence-electron chi connectivity index (χ0n) is 19.8. The fraction of sp³-hybridized carbons (Fsp3) is 0.519. The molecule has 2 aromatic rings. The van der Waals surface area contributed by atoms with Crippen molar-refractivity contribution in [3.63, 3.8) is 0 Å². The number of piperidine rings is 1. The Labute approximate surface area is 197 Å². The van der Waals surface area contributed by atoms with Gasteiger partial charge in [-0.25, -0.2) is 0 Å². The molecule has 3 heterocycles. The van der Waals surface area contributed by atoms with Gasteiger partial charge < -0.3 is 24.2 Å². The summed E-state index contributed by atoms with van der Waals surface area (Å²) in [6.45, 7) is 6.52. The number of likely N-dealkylation sites (N-methyl/N-ethyl adjacent to an activating group) is 1. The number of hydrogen-bond donors (Lipinski definition) is 0. The minimum atomic E-state index is 0.212. The zero-order chi connectivity index (χ0) is 22.8. The summed E-state index contributed by atoms with van der Waals surface area (Å²) in [6.07, 6.45) is 2.70. The molecule has 0 aliphatic carbocycles. The minimum Gasteiger partial charge on any atom is -0.491 e. The van der Waals surface area contributed by atoms with Gasteiger partial charge in [0.2, 0.25) is 0 Å². The normalized spacial score (nSPS) is 21.6. The molecule has 5 rings (SSSR count). The van der Waals surface area contributed by atoms with Crippen molar-refractivity contribution in [3.05, 3.63) is 53.6 Å². The highest BCUT2D eigenvalue weighted by Crippen LogP contribution is 2.50. The molecule has 1 fully saturated rings. The summed E-state index contributed by atoms with van der Waals surface area (Å²) in [5.74, 6) is 1.57. The quantitative estimate of drug-likeness (QED) is 0.429. The molecule has 2 unspecified atom stereocenters. The van der Waals surface area contributed by atoms with Crippen LogP contribution in [0, 0.1) is 0 Å². The van der Waals surface area contributed by atoms with E-state index >= 15 is 0 Å². The third-order valence-corrected chi connectivity index (χ3v) is 7.49. The van der Waals surface area contributed by atoms with Crippen LogP contribution in [0.4, 0.5) is 11.4 Å². The highest BCUT2D eigenvalue weighted by Gasteiger charge is 2.44. The van der Waals surface area contributed by atoms with E-state index in [1.54, 1.807) is 7.11 Å². The number of methoxy groups -OCH3 is 1. The van der Waals surface area contributed by atoms with E-state index in [2.05, 4.69) is 39.9 Å². The maximum atomic E-state index is 12.7. The van der Waals surface area contributed by atoms with Crippen molar-refractivity contribution in [2.45, 2.75) is 31.2 Å². The number of hydrogen-bond acceptors (Lipinski definition) is 6. The van der Waals surface area contributed by atoms with Crippen LogP contribution in [0.25, 0.3) is 0 Å². The van der Waals surface area contributed by atoms with Crippen molar-refractivity contribution in [1.82, 2.24) is 4.90 Å². The Hall–Kier alpha value is -2.57. The first-order valence-corrected chi connectivity index (χ1v) is 12.2. The lowest BCUT2D eigenvalue weighted by Gasteiger charge is -2.41. The summed E-state index contributed by atoms with van der Waals surface area (Å²) < 4.78 is 10.6. The van der Waals surface area contributed by atoms with Crippen LogP contribution in [0.2, 0.25) is 0 Å². The average molecular weight is 450 g/mol. The van der Waals surface area contributed by atoms with Crippen molar-refractivity contribution in [2.75, 3.05) is 69.9 Å². The van der Waals surface area contributed by atoms with Crippen LogP contribution in [0.15, 0.2) is 42.5 Å².